The molecule has 0 radical (unpaired) electrons. The summed E-state index contributed by atoms with van der Waals surface area (Å²) in [7, 11) is 0. The summed E-state index contributed by atoms with van der Waals surface area (Å²) in [5, 5.41) is 6.96. The number of aromatic nitrogens is 2. The van der Waals surface area contributed by atoms with Gasteiger partial charge in [0.25, 0.3) is 5.91 Å². The molecule has 5 nitrogen and oxygen atoms in total. The highest BCUT2D eigenvalue weighted by molar-refractivity contribution is 5.94. The lowest BCUT2D eigenvalue weighted by Crippen LogP contribution is -2.32. The van der Waals surface area contributed by atoms with Crippen molar-refractivity contribution in [3.8, 4) is 11.4 Å². The van der Waals surface area contributed by atoms with Crippen LogP contribution in [0.4, 0.5) is 4.39 Å². The van der Waals surface area contributed by atoms with Crippen LogP contribution in [0.15, 0.2) is 53.1 Å². The van der Waals surface area contributed by atoms with Crippen LogP contribution in [0.5, 0.6) is 0 Å². The number of halogens is 1. The second kappa shape index (κ2) is 8.12. The molecular formula is C21H22FN3O2. The van der Waals surface area contributed by atoms with Crippen LogP contribution in [0.25, 0.3) is 11.4 Å². The van der Waals surface area contributed by atoms with Crippen molar-refractivity contribution in [2.45, 2.75) is 33.2 Å². The molecule has 1 amide bonds. The zero-order valence-corrected chi connectivity index (χ0v) is 15.6. The number of nitrogens with one attached hydrogen (secondary N) is 1. The maximum absolute atomic E-state index is 13.4. The van der Waals surface area contributed by atoms with E-state index < -0.39 is 11.9 Å². The molecule has 0 fully saturated rings. The van der Waals surface area contributed by atoms with Gasteiger partial charge in [-0.15, -0.1) is 0 Å². The zero-order valence-electron chi connectivity index (χ0n) is 15.6. The molecule has 0 saturated heterocycles. The van der Waals surface area contributed by atoms with Gasteiger partial charge in [0.2, 0.25) is 11.7 Å². The Labute approximate surface area is 157 Å². The Morgan fingerprint density at radius 2 is 2.00 bits per heavy atom. The molecule has 0 aliphatic heterocycles. The van der Waals surface area contributed by atoms with Gasteiger partial charge in [0.05, 0.1) is 0 Å². The number of hydrogen-bond donors (Lipinski definition) is 1. The fourth-order valence-electron chi connectivity index (χ4n) is 2.80. The highest BCUT2D eigenvalue weighted by atomic mass is 19.1. The van der Waals surface area contributed by atoms with Gasteiger partial charge in [0, 0.05) is 11.1 Å². The summed E-state index contributed by atoms with van der Waals surface area (Å²) in [6.45, 7) is 6.00. The van der Waals surface area contributed by atoms with Crippen LogP contribution in [-0.4, -0.2) is 16.0 Å². The molecule has 140 valence electrons. The molecule has 0 spiro atoms. The molecule has 0 aliphatic rings. The van der Waals surface area contributed by atoms with Crippen LogP contribution in [-0.2, 0) is 0 Å². The van der Waals surface area contributed by atoms with Gasteiger partial charge in [-0.1, -0.05) is 55.3 Å². The first-order valence-corrected chi connectivity index (χ1v) is 8.95. The third kappa shape index (κ3) is 4.39. The van der Waals surface area contributed by atoms with Gasteiger partial charge in [0.1, 0.15) is 11.9 Å². The van der Waals surface area contributed by atoms with E-state index >= 15 is 0 Å². The number of carbonyl (C=O) groups is 1. The summed E-state index contributed by atoms with van der Waals surface area (Å²) in [6, 6.07) is 12.9. The molecule has 1 N–H and O–H groups in total. The van der Waals surface area contributed by atoms with Crippen LogP contribution in [0.2, 0.25) is 0 Å². The highest BCUT2D eigenvalue weighted by Gasteiger charge is 2.27. The Morgan fingerprint density at radius 1 is 1.22 bits per heavy atom. The minimum absolute atomic E-state index is 0.0633. The average molecular weight is 367 g/mol. The molecule has 3 aromatic rings. The molecule has 0 bridgehead atoms. The number of amides is 1. The molecule has 0 unspecified atom stereocenters. The number of carbonyl (C=O) groups excluding carboxylic acids is 1. The number of benzene rings is 2. The summed E-state index contributed by atoms with van der Waals surface area (Å²) in [5.74, 6) is 0.0401. The first kappa shape index (κ1) is 18.8. The zero-order chi connectivity index (χ0) is 19.4. The minimum Gasteiger partial charge on any atom is -0.340 e. The third-order valence-electron chi connectivity index (χ3n) is 4.57. The largest absolute Gasteiger partial charge is 0.340 e. The molecule has 6 heteroatoms. The van der Waals surface area contributed by atoms with Crippen LogP contribution < -0.4 is 5.32 Å². The Bertz CT molecular complexity index is 938. The van der Waals surface area contributed by atoms with Crippen molar-refractivity contribution >= 4 is 5.91 Å². The first-order chi connectivity index (χ1) is 13.0. The van der Waals surface area contributed by atoms with E-state index in [0.717, 1.165) is 17.5 Å². The van der Waals surface area contributed by atoms with Crippen LogP contribution in [0.3, 0.4) is 0 Å². The van der Waals surface area contributed by atoms with E-state index in [1.54, 1.807) is 6.07 Å². The summed E-state index contributed by atoms with van der Waals surface area (Å²) >= 11 is 0. The van der Waals surface area contributed by atoms with Gasteiger partial charge in [-0.2, -0.15) is 4.98 Å². The van der Waals surface area contributed by atoms with Crippen LogP contribution >= 0.6 is 0 Å². The molecule has 0 aliphatic carbocycles. The van der Waals surface area contributed by atoms with Gasteiger partial charge < -0.3 is 9.84 Å². The quantitative estimate of drug-likeness (QED) is 0.686. The summed E-state index contributed by atoms with van der Waals surface area (Å²) in [6.07, 6.45) is 0.802. The first-order valence-electron chi connectivity index (χ1n) is 8.95. The maximum Gasteiger partial charge on any atom is 0.252 e. The lowest BCUT2D eigenvalue weighted by molar-refractivity contribution is 0.0909. The SMILES string of the molecule is CC[C@H](C)[C@H](NC(=O)c1cccc(F)c1)c1nc(-c2cccc(C)c2)no1. The van der Waals surface area contributed by atoms with Gasteiger partial charge in [-0.05, 0) is 37.1 Å². The smallest absolute Gasteiger partial charge is 0.252 e. The predicted octanol–water partition coefficient (Wildman–Crippen LogP) is 4.70. The van der Waals surface area contributed by atoms with Crippen molar-refractivity contribution in [3.05, 3.63) is 71.4 Å². The number of hydrogen-bond acceptors (Lipinski definition) is 4. The number of aryl methyl sites for hydroxylation is 1. The molecule has 27 heavy (non-hydrogen) atoms. The Balaban J connectivity index is 1.86. The average Bonchev–Trinajstić information content (AvgIpc) is 3.15. The normalized spacial score (nSPS) is 13.2. The molecule has 3 rings (SSSR count). The molecule has 1 aromatic heterocycles. The van der Waals surface area contributed by atoms with E-state index in [1.165, 1.54) is 18.2 Å². The Kier molecular flexibility index (Phi) is 5.64. The van der Waals surface area contributed by atoms with Crippen LogP contribution in [0.1, 0.15) is 48.1 Å². The van der Waals surface area contributed by atoms with Crippen LogP contribution in [0, 0.1) is 18.7 Å². The second-order valence-corrected chi connectivity index (χ2v) is 6.67. The topological polar surface area (TPSA) is 68.0 Å². The highest BCUT2D eigenvalue weighted by Crippen LogP contribution is 2.26. The Morgan fingerprint density at radius 3 is 2.70 bits per heavy atom. The molecular weight excluding hydrogens is 345 g/mol. The standard InChI is InChI=1S/C21H22FN3O2/c1-4-14(3)18(23-20(26)16-9-6-10-17(22)12-16)21-24-19(25-27-21)15-8-5-7-13(2)11-15/h5-12,14,18H,4H2,1-3H3,(H,23,26)/t14-,18-/m0/s1. The molecule has 2 atom stereocenters. The van der Waals surface area contributed by atoms with Crippen molar-refractivity contribution in [3.63, 3.8) is 0 Å². The predicted molar refractivity (Wildman–Crippen MR) is 101 cm³/mol. The van der Waals surface area contributed by atoms with Crippen molar-refractivity contribution < 1.29 is 13.7 Å². The number of rotatable bonds is 6. The third-order valence-corrected chi connectivity index (χ3v) is 4.57. The van der Waals surface area contributed by atoms with E-state index in [-0.39, 0.29) is 17.4 Å². The maximum atomic E-state index is 13.4. The van der Waals surface area contributed by atoms with E-state index in [2.05, 4.69) is 15.5 Å². The summed E-state index contributed by atoms with van der Waals surface area (Å²) in [5.41, 5.74) is 2.20. The minimum atomic E-state index is -0.461. The lowest BCUT2D eigenvalue weighted by atomic mass is 9.98. The lowest BCUT2D eigenvalue weighted by Gasteiger charge is -2.20. The van der Waals surface area contributed by atoms with Crippen molar-refractivity contribution in [2.75, 3.05) is 0 Å². The summed E-state index contributed by atoms with van der Waals surface area (Å²) < 4.78 is 18.9. The Hall–Kier alpha value is -3.02. The van der Waals surface area contributed by atoms with E-state index in [0.29, 0.717) is 11.7 Å². The fraction of sp³-hybridized carbons (Fsp3) is 0.286. The molecule has 0 saturated carbocycles. The van der Waals surface area contributed by atoms with Crippen molar-refractivity contribution in [2.24, 2.45) is 5.92 Å². The van der Waals surface area contributed by atoms with Gasteiger partial charge in [-0.25, -0.2) is 4.39 Å². The number of nitrogens with zero attached hydrogens (tertiary/aromatic N) is 2. The summed E-state index contributed by atoms with van der Waals surface area (Å²) in [4.78, 5) is 17.0. The molecule has 1 heterocycles. The van der Waals surface area contributed by atoms with Gasteiger partial charge in [-0.3, -0.25) is 4.79 Å². The van der Waals surface area contributed by atoms with Crippen molar-refractivity contribution in [1.29, 1.82) is 0 Å². The monoisotopic (exact) mass is 367 g/mol. The van der Waals surface area contributed by atoms with Gasteiger partial charge >= 0.3 is 0 Å². The second-order valence-electron chi connectivity index (χ2n) is 6.67. The van der Waals surface area contributed by atoms with E-state index in [1.807, 2.05) is 45.0 Å². The van der Waals surface area contributed by atoms with E-state index in [9.17, 15) is 9.18 Å². The van der Waals surface area contributed by atoms with E-state index in [4.69, 9.17) is 4.52 Å². The molecule has 2 aromatic carbocycles. The fourth-order valence-corrected chi connectivity index (χ4v) is 2.80. The van der Waals surface area contributed by atoms with Gasteiger partial charge in [0.15, 0.2) is 0 Å². The van der Waals surface area contributed by atoms with Crippen molar-refractivity contribution in [1.82, 2.24) is 15.5 Å².